The molecule has 206 valence electrons. The van der Waals surface area contributed by atoms with Gasteiger partial charge in [0.05, 0.1) is 38.6 Å². The van der Waals surface area contributed by atoms with E-state index in [1.165, 1.54) is 6.07 Å². The van der Waals surface area contributed by atoms with E-state index in [0.29, 0.717) is 62.3 Å². The van der Waals surface area contributed by atoms with Crippen LogP contribution >= 0.6 is 34.5 Å². The molecule has 2 aromatic carbocycles. The maximum atomic E-state index is 14.5. The monoisotopic (exact) mass is 594 g/mol. The number of benzene rings is 2. The van der Waals surface area contributed by atoms with Crippen molar-refractivity contribution in [2.45, 2.75) is 63.4 Å². The number of fused-ring (bicyclic) bond motifs is 1. The number of rotatable bonds is 7. The summed E-state index contributed by atoms with van der Waals surface area (Å²) in [5.74, 6) is -1.74. The first kappa shape index (κ1) is 27.9. The second kappa shape index (κ2) is 10.4. The minimum atomic E-state index is -1.34. The zero-order valence-corrected chi connectivity index (χ0v) is 23.3. The van der Waals surface area contributed by atoms with Gasteiger partial charge in [0.2, 0.25) is 0 Å². The fraction of sp³-hybridized carbons (Fsp3) is 0.370. The molecule has 0 bridgehead atoms. The van der Waals surface area contributed by atoms with Gasteiger partial charge in [0.25, 0.3) is 0 Å². The number of carboxylic acids is 1. The Morgan fingerprint density at radius 1 is 1.26 bits per heavy atom. The highest BCUT2D eigenvalue weighted by molar-refractivity contribution is 7.18. The third-order valence-electron chi connectivity index (χ3n) is 6.86. The van der Waals surface area contributed by atoms with Crippen molar-refractivity contribution < 1.29 is 33.8 Å². The molecule has 12 heteroatoms. The lowest BCUT2D eigenvalue weighted by Crippen LogP contribution is -2.34. The van der Waals surface area contributed by atoms with E-state index >= 15 is 0 Å². The summed E-state index contributed by atoms with van der Waals surface area (Å²) in [7, 11) is 0. The summed E-state index contributed by atoms with van der Waals surface area (Å²) < 4.78 is 26.5. The summed E-state index contributed by atoms with van der Waals surface area (Å²) >= 11 is 13.9. The van der Waals surface area contributed by atoms with Gasteiger partial charge >= 0.3 is 5.97 Å². The minimum absolute atomic E-state index is 0.0455. The number of aliphatic hydroxyl groups is 2. The summed E-state index contributed by atoms with van der Waals surface area (Å²) in [6.07, 6.45) is 1.38. The molecular formula is C27H25Cl2FN2O6S. The van der Waals surface area contributed by atoms with Crippen molar-refractivity contribution in [2.75, 3.05) is 0 Å². The molecule has 39 heavy (non-hydrogen) atoms. The molecule has 0 amide bonds. The minimum Gasteiger partial charge on any atom is -0.478 e. The van der Waals surface area contributed by atoms with Crippen molar-refractivity contribution in [3.05, 3.63) is 68.1 Å². The first-order chi connectivity index (χ1) is 18.4. The number of ether oxygens (including phenoxy) is 1. The van der Waals surface area contributed by atoms with E-state index in [0.717, 1.165) is 17.4 Å². The van der Waals surface area contributed by atoms with Gasteiger partial charge < -0.3 is 24.6 Å². The molecule has 1 aliphatic rings. The highest BCUT2D eigenvalue weighted by atomic mass is 35.5. The highest BCUT2D eigenvalue weighted by Gasteiger charge is 2.39. The van der Waals surface area contributed by atoms with Crippen LogP contribution in [0.25, 0.3) is 21.5 Å². The molecule has 1 fully saturated rings. The number of carbonyl (C=O) groups is 1. The van der Waals surface area contributed by atoms with Crippen molar-refractivity contribution in [1.82, 2.24) is 10.1 Å². The Kier molecular flexibility index (Phi) is 7.47. The normalized spacial score (nSPS) is 20.0. The van der Waals surface area contributed by atoms with E-state index < -0.39 is 23.0 Å². The fourth-order valence-corrected chi connectivity index (χ4v) is 6.55. The van der Waals surface area contributed by atoms with Gasteiger partial charge in [-0.1, -0.05) is 34.4 Å². The van der Waals surface area contributed by atoms with Gasteiger partial charge in [-0.25, -0.2) is 14.2 Å². The number of halogens is 3. The zero-order chi connectivity index (χ0) is 28.1. The van der Waals surface area contributed by atoms with Crippen molar-refractivity contribution in [2.24, 2.45) is 0 Å². The first-order valence-corrected chi connectivity index (χ1v) is 13.8. The van der Waals surface area contributed by atoms with Gasteiger partial charge in [-0.2, -0.15) is 0 Å². The molecular weight excluding hydrogens is 570 g/mol. The molecule has 3 N–H and O–H groups in total. The van der Waals surface area contributed by atoms with Crippen LogP contribution in [0, 0.1) is 5.82 Å². The van der Waals surface area contributed by atoms with Crippen molar-refractivity contribution >= 4 is 50.7 Å². The molecule has 0 atom stereocenters. The number of hydrogen-bond acceptors (Lipinski definition) is 8. The molecule has 8 nitrogen and oxygen atoms in total. The van der Waals surface area contributed by atoms with Crippen molar-refractivity contribution in [3.8, 4) is 11.3 Å². The predicted octanol–water partition coefficient (Wildman–Crippen LogP) is 6.67. The maximum Gasteiger partial charge on any atom is 0.335 e. The third-order valence-corrected chi connectivity index (χ3v) is 8.69. The Morgan fingerprint density at radius 3 is 2.54 bits per heavy atom. The van der Waals surface area contributed by atoms with Crippen molar-refractivity contribution in [1.29, 1.82) is 0 Å². The highest BCUT2D eigenvalue weighted by Crippen LogP contribution is 2.43. The van der Waals surface area contributed by atoms with Gasteiger partial charge in [-0.15, -0.1) is 11.3 Å². The number of thiazole rings is 1. The third kappa shape index (κ3) is 5.41. The molecule has 0 radical (unpaired) electrons. The van der Waals surface area contributed by atoms with Gasteiger partial charge in [0, 0.05) is 5.56 Å². The molecule has 0 saturated heterocycles. The molecule has 0 aliphatic heterocycles. The second-order valence-corrected chi connectivity index (χ2v) is 12.0. The quantitative estimate of drug-likeness (QED) is 0.216. The fourth-order valence-electron chi connectivity index (χ4n) is 4.81. The second-order valence-electron chi connectivity index (χ2n) is 10.2. The van der Waals surface area contributed by atoms with Crippen LogP contribution < -0.4 is 0 Å². The number of carboxylic acid groups (broad SMARTS) is 1. The Labute approximate surface area is 236 Å². The van der Waals surface area contributed by atoms with Gasteiger partial charge in [-0.05, 0) is 63.8 Å². The number of nitrogens with zero attached hydrogens (tertiary/aromatic N) is 2. The number of hydrogen-bond donors (Lipinski definition) is 3. The van der Waals surface area contributed by atoms with E-state index in [2.05, 4.69) is 10.1 Å². The van der Waals surface area contributed by atoms with Crippen LogP contribution in [0.1, 0.15) is 66.2 Å². The van der Waals surface area contributed by atoms with E-state index in [1.807, 2.05) is 0 Å². The molecule has 2 aromatic heterocycles. The summed E-state index contributed by atoms with van der Waals surface area (Å²) in [5.41, 5.74) is -1.37. The lowest BCUT2D eigenvalue weighted by atomic mass is 9.83. The van der Waals surface area contributed by atoms with Crippen LogP contribution in [0.3, 0.4) is 0 Å². The average molecular weight is 595 g/mol. The zero-order valence-electron chi connectivity index (χ0n) is 21.0. The summed E-state index contributed by atoms with van der Waals surface area (Å²) in [6, 6.07) is 7.38. The van der Waals surface area contributed by atoms with E-state index in [9.17, 15) is 24.5 Å². The van der Waals surface area contributed by atoms with Crippen LogP contribution in [-0.2, 0) is 22.5 Å². The van der Waals surface area contributed by atoms with Gasteiger partial charge in [-0.3, -0.25) is 0 Å². The lowest BCUT2D eigenvalue weighted by molar-refractivity contribution is -0.0647. The lowest BCUT2D eigenvalue weighted by Gasteiger charge is -2.34. The molecule has 1 saturated carbocycles. The number of aromatic nitrogens is 2. The number of aromatic carboxylic acids is 1. The smallest absolute Gasteiger partial charge is 0.335 e. The molecule has 0 spiro atoms. The molecule has 2 heterocycles. The van der Waals surface area contributed by atoms with E-state index in [-0.39, 0.29) is 29.6 Å². The van der Waals surface area contributed by atoms with Crippen molar-refractivity contribution in [3.63, 3.8) is 0 Å². The summed E-state index contributed by atoms with van der Waals surface area (Å²) in [6.45, 7) is 3.22. The standard InChI is InChI=1S/C27H25Cl2FN2O6S/c1-26(2,35)23-15(21(32-38-23)20-16(28)4-3-5-17(20)29)12-37-14-6-8-27(36,9-7-14)25-31-22-18(30)10-13(24(33)34)11-19(22)39-25/h3-5,10-11,14,35-36H,6-9,12H2,1-2H3,(H,33,34). The Morgan fingerprint density at radius 2 is 1.92 bits per heavy atom. The Bertz CT molecular complexity index is 1540. The van der Waals surface area contributed by atoms with Crippen LogP contribution in [0.4, 0.5) is 4.39 Å². The average Bonchev–Trinajstić information content (AvgIpc) is 3.49. The van der Waals surface area contributed by atoms with Gasteiger partial charge in [0.15, 0.2) is 11.6 Å². The maximum absolute atomic E-state index is 14.5. The summed E-state index contributed by atoms with van der Waals surface area (Å²) in [4.78, 5) is 15.6. The molecule has 4 aromatic rings. The molecule has 1 aliphatic carbocycles. The van der Waals surface area contributed by atoms with Gasteiger partial charge in [0.1, 0.15) is 27.4 Å². The Hall–Kier alpha value is -2.60. The van der Waals surface area contributed by atoms with E-state index in [1.54, 1.807) is 32.0 Å². The summed E-state index contributed by atoms with van der Waals surface area (Å²) in [5, 5.41) is 36.5. The molecule has 0 unspecified atom stereocenters. The topological polar surface area (TPSA) is 126 Å². The van der Waals surface area contributed by atoms with Crippen LogP contribution in [0.2, 0.25) is 10.0 Å². The van der Waals surface area contributed by atoms with Crippen LogP contribution in [0.15, 0.2) is 34.9 Å². The first-order valence-electron chi connectivity index (χ1n) is 12.2. The predicted molar refractivity (Wildman–Crippen MR) is 145 cm³/mol. The SMILES string of the molecule is CC(C)(O)c1onc(-c2c(Cl)cccc2Cl)c1COC1CCC(O)(c2nc3c(F)cc(C(=O)O)cc3s2)CC1. The van der Waals surface area contributed by atoms with Crippen LogP contribution in [0.5, 0.6) is 0 Å². The Balaban J connectivity index is 1.34. The largest absolute Gasteiger partial charge is 0.478 e. The van der Waals surface area contributed by atoms with Crippen LogP contribution in [-0.4, -0.2) is 37.5 Å². The molecule has 5 rings (SSSR count). The van der Waals surface area contributed by atoms with E-state index in [4.69, 9.17) is 32.5 Å².